The summed E-state index contributed by atoms with van der Waals surface area (Å²) in [4.78, 5) is 26.8. The number of piperazine rings is 1. The highest BCUT2D eigenvalue weighted by molar-refractivity contribution is 5.71. The lowest BCUT2D eigenvalue weighted by Gasteiger charge is -2.40. The molecule has 0 bridgehead atoms. The Balaban J connectivity index is 2.62. The first-order chi connectivity index (χ1) is 9.78. The number of amides is 2. The summed E-state index contributed by atoms with van der Waals surface area (Å²) < 4.78 is 10.3. The van der Waals surface area contributed by atoms with Crippen molar-refractivity contribution in [3.05, 3.63) is 12.7 Å². The first kappa shape index (κ1) is 17.3. The molecule has 1 aliphatic heterocycles. The van der Waals surface area contributed by atoms with Crippen LogP contribution in [0.3, 0.4) is 0 Å². The second kappa shape index (κ2) is 7.31. The fourth-order valence-electron chi connectivity index (χ4n) is 1.96. The molecule has 0 aromatic heterocycles. The third-order valence-electron chi connectivity index (χ3n) is 2.90. The first-order valence-electron chi connectivity index (χ1n) is 6.91. The van der Waals surface area contributed by atoms with Crippen molar-refractivity contribution in [1.82, 2.24) is 9.80 Å². The Hall–Kier alpha value is -1.76. The normalized spacial score (nSPS) is 19.1. The lowest BCUT2D eigenvalue weighted by molar-refractivity contribution is -0.00469. The minimum Gasteiger partial charge on any atom is -0.445 e. The van der Waals surface area contributed by atoms with Crippen molar-refractivity contribution >= 4 is 12.2 Å². The maximum atomic E-state index is 12.0. The van der Waals surface area contributed by atoms with Crippen molar-refractivity contribution in [3.8, 4) is 0 Å². The van der Waals surface area contributed by atoms with Crippen LogP contribution < -0.4 is 0 Å². The summed E-state index contributed by atoms with van der Waals surface area (Å²) in [5.74, 6) is 0. The molecule has 1 N–H and O–H groups in total. The molecule has 7 nitrogen and oxygen atoms in total. The molecule has 0 aromatic rings. The molecule has 1 unspecified atom stereocenters. The van der Waals surface area contributed by atoms with E-state index in [2.05, 4.69) is 6.58 Å². The molecule has 1 saturated heterocycles. The predicted molar refractivity (Wildman–Crippen MR) is 76.9 cm³/mol. The Morgan fingerprint density at radius 2 is 2.00 bits per heavy atom. The van der Waals surface area contributed by atoms with Crippen molar-refractivity contribution < 1.29 is 24.2 Å². The summed E-state index contributed by atoms with van der Waals surface area (Å²) in [5, 5.41) is 9.42. The lowest BCUT2D eigenvalue weighted by atomic mass is 10.2. The molecule has 21 heavy (non-hydrogen) atoms. The molecule has 1 atom stereocenters. The van der Waals surface area contributed by atoms with Gasteiger partial charge in [0, 0.05) is 19.6 Å². The van der Waals surface area contributed by atoms with Gasteiger partial charge in [0.2, 0.25) is 0 Å². The Morgan fingerprint density at radius 3 is 2.52 bits per heavy atom. The maximum Gasteiger partial charge on any atom is 0.410 e. The third kappa shape index (κ3) is 5.26. The molecule has 0 radical (unpaired) electrons. The fraction of sp³-hybridized carbons (Fsp3) is 0.714. The van der Waals surface area contributed by atoms with Crippen LogP contribution in [0.4, 0.5) is 9.59 Å². The summed E-state index contributed by atoms with van der Waals surface area (Å²) in [6.07, 6.45) is 0.515. The van der Waals surface area contributed by atoms with E-state index in [0.29, 0.717) is 13.1 Å². The van der Waals surface area contributed by atoms with Gasteiger partial charge in [0.1, 0.15) is 12.2 Å². The van der Waals surface area contributed by atoms with Crippen molar-refractivity contribution in [1.29, 1.82) is 0 Å². The summed E-state index contributed by atoms with van der Waals surface area (Å²) in [5.41, 5.74) is -0.578. The van der Waals surface area contributed by atoms with Crippen molar-refractivity contribution in [2.24, 2.45) is 0 Å². The molecular formula is C14H24N2O5. The van der Waals surface area contributed by atoms with E-state index in [1.165, 1.54) is 15.9 Å². The number of nitrogens with zero attached hydrogens (tertiary/aromatic N) is 2. The molecule has 0 saturated carbocycles. The second-order valence-electron chi connectivity index (χ2n) is 5.82. The minimum absolute atomic E-state index is 0.114. The molecule has 1 heterocycles. The van der Waals surface area contributed by atoms with E-state index in [0.717, 1.165) is 0 Å². The van der Waals surface area contributed by atoms with Crippen LogP contribution in [0.2, 0.25) is 0 Å². The van der Waals surface area contributed by atoms with Crippen molar-refractivity contribution in [2.45, 2.75) is 32.4 Å². The minimum atomic E-state index is -0.578. The molecule has 1 rings (SSSR count). The summed E-state index contributed by atoms with van der Waals surface area (Å²) in [6.45, 7) is 9.56. The van der Waals surface area contributed by atoms with Crippen molar-refractivity contribution in [3.63, 3.8) is 0 Å². The van der Waals surface area contributed by atoms with Crippen LogP contribution in [0.5, 0.6) is 0 Å². The zero-order chi connectivity index (χ0) is 16.0. The van der Waals surface area contributed by atoms with Gasteiger partial charge in [-0.2, -0.15) is 0 Å². The van der Waals surface area contributed by atoms with Crippen LogP contribution in [-0.2, 0) is 9.47 Å². The average molecular weight is 300 g/mol. The predicted octanol–water partition coefficient (Wildman–Crippen LogP) is 1.22. The molecule has 1 aliphatic rings. The molecular weight excluding hydrogens is 276 g/mol. The highest BCUT2D eigenvalue weighted by Gasteiger charge is 2.34. The third-order valence-corrected chi connectivity index (χ3v) is 2.90. The van der Waals surface area contributed by atoms with E-state index in [4.69, 9.17) is 9.47 Å². The van der Waals surface area contributed by atoms with Crippen LogP contribution in [0.1, 0.15) is 20.8 Å². The zero-order valence-electron chi connectivity index (χ0n) is 12.9. The summed E-state index contributed by atoms with van der Waals surface area (Å²) in [6, 6.07) is -0.497. The summed E-state index contributed by atoms with van der Waals surface area (Å²) in [7, 11) is 0. The highest BCUT2D eigenvalue weighted by atomic mass is 16.6. The zero-order valence-corrected chi connectivity index (χ0v) is 12.9. The smallest absolute Gasteiger partial charge is 0.410 e. The number of carbonyl (C=O) groups is 2. The van der Waals surface area contributed by atoms with E-state index < -0.39 is 23.8 Å². The Kier molecular flexibility index (Phi) is 6.02. The van der Waals surface area contributed by atoms with Crippen LogP contribution >= 0.6 is 0 Å². The van der Waals surface area contributed by atoms with Crippen LogP contribution in [0.25, 0.3) is 0 Å². The molecule has 2 amide bonds. The van der Waals surface area contributed by atoms with E-state index in [1.54, 1.807) is 20.8 Å². The maximum absolute atomic E-state index is 12.0. The quantitative estimate of drug-likeness (QED) is 0.793. The van der Waals surface area contributed by atoms with Gasteiger partial charge < -0.3 is 19.5 Å². The molecule has 7 heteroatoms. The average Bonchev–Trinajstić information content (AvgIpc) is 2.42. The number of ether oxygens (including phenoxy) is 2. The molecule has 0 aliphatic carbocycles. The van der Waals surface area contributed by atoms with Crippen LogP contribution in [0.15, 0.2) is 12.7 Å². The SMILES string of the molecule is C=CCOC(=O)N1CCN(C(=O)OC(C)(C)C)CC1CO. The number of aliphatic hydroxyl groups is 1. The Labute approximate surface area is 125 Å². The van der Waals surface area contributed by atoms with E-state index in [9.17, 15) is 14.7 Å². The molecule has 0 spiro atoms. The van der Waals surface area contributed by atoms with Gasteiger partial charge in [0.15, 0.2) is 0 Å². The molecule has 1 fully saturated rings. The van der Waals surface area contributed by atoms with Gasteiger partial charge in [-0.3, -0.25) is 4.90 Å². The van der Waals surface area contributed by atoms with Gasteiger partial charge in [-0.25, -0.2) is 9.59 Å². The fourth-order valence-corrected chi connectivity index (χ4v) is 1.96. The highest BCUT2D eigenvalue weighted by Crippen LogP contribution is 2.15. The number of rotatable bonds is 3. The molecule has 120 valence electrons. The van der Waals surface area contributed by atoms with Crippen LogP contribution in [0, 0.1) is 0 Å². The standard InChI is InChI=1S/C14H24N2O5/c1-5-8-20-13(19)16-7-6-15(9-11(16)10-17)12(18)21-14(2,3)4/h5,11,17H,1,6-10H2,2-4H3. The Morgan fingerprint density at radius 1 is 1.33 bits per heavy atom. The topological polar surface area (TPSA) is 79.3 Å². The lowest BCUT2D eigenvalue weighted by Crippen LogP contribution is -2.58. The van der Waals surface area contributed by atoms with Gasteiger partial charge in [-0.1, -0.05) is 12.7 Å². The van der Waals surface area contributed by atoms with Gasteiger partial charge >= 0.3 is 12.2 Å². The summed E-state index contributed by atoms with van der Waals surface area (Å²) >= 11 is 0. The molecule has 0 aromatic carbocycles. The van der Waals surface area contributed by atoms with Crippen LogP contribution in [-0.4, -0.2) is 71.6 Å². The number of aliphatic hydroxyl groups excluding tert-OH is 1. The number of hydrogen-bond acceptors (Lipinski definition) is 5. The van der Waals surface area contributed by atoms with E-state index in [-0.39, 0.29) is 19.8 Å². The van der Waals surface area contributed by atoms with E-state index in [1.807, 2.05) is 0 Å². The Bertz CT molecular complexity index is 391. The van der Waals surface area contributed by atoms with Gasteiger partial charge in [-0.05, 0) is 20.8 Å². The van der Waals surface area contributed by atoms with Gasteiger partial charge in [0.05, 0.1) is 12.6 Å². The first-order valence-corrected chi connectivity index (χ1v) is 6.91. The number of hydrogen-bond donors (Lipinski definition) is 1. The van der Waals surface area contributed by atoms with E-state index >= 15 is 0 Å². The monoisotopic (exact) mass is 300 g/mol. The van der Waals surface area contributed by atoms with Crippen molar-refractivity contribution in [2.75, 3.05) is 32.8 Å². The van der Waals surface area contributed by atoms with Gasteiger partial charge in [0.25, 0.3) is 0 Å². The van der Waals surface area contributed by atoms with Gasteiger partial charge in [-0.15, -0.1) is 0 Å². The second-order valence-corrected chi connectivity index (χ2v) is 5.82. The largest absolute Gasteiger partial charge is 0.445 e. The number of carbonyl (C=O) groups excluding carboxylic acids is 2.